The minimum absolute atomic E-state index is 0.0768. The molecule has 0 radical (unpaired) electrons. The molecular weight excluding hydrogens is 397 g/mol. The highest BCUT2D eigenvalue weighted by Crippen LogP contribution is 2.24. The summed E-state index contributed by atoms with van der Waals surface area (Å²) in [5.41, 5.74) is 9.07. The SMILES string of the molecule is Cn1c(=O)n(Cc2nc3cc(CN)ccc3n2CCCC(F)(F)F)c2cnccc21. The molecule has 0 amide bonds. The van der Waals surface area contributed by atoms with Crippen molar-refractivity contribution in [3.8, 4) is 0 Å². The standard InChI is InChI=1S/C20H21F3N6O/c1-27-16-5-7-25-11-17(16)29(19(27)30)12-18-26-14-9-13(10-24)3-4-15(14)28(18)8-2-6-20(21,22)23/h3-5,7,9,11H,2,6,8,10,12,24H2,1H3. The Hall–Kier alpha value is -3.14. The Balaban J connectivity index is 1.79. The van der Waals surface area contributed by atoms with Gasteiger partial charge in [-0.2, -0.15) is 13.2 Å². The zero-order valence-electron chi connectivity index (χ0n) is 16.4. The van der Waals surface area contributed by atoms with Crippen LogP contribution < -0.4 is 11.4 Å². The number of pyridine rings is 1. The van der Waals surface area contributed by atoms with E-state index in [2.05, 4.69) is 9.97 Å². The first-order valence-electron chi connectivity index (χ1n) is 9.52. The van der Waals surface area contributed by atoms with E-state index in [4.69, 9.17) is 5.73 Å². The van der Waals surface area contributed by atoms with Gasteiger partial charge < -0.3 is 10.3 Å². The van der Waals surface area contributed by atoms with Gasteiger partial charge in [0.05, 0.1) is 34.8 Å². The topological polar surface area (TPSA) is 83.7 Å². The first-order chi connectivity index (χ1) is 14.3. The maximum absolute atomic E-state index is 12.8. The molecule has 10 heteroatoms. The lowest BCUT2D eigenvalue weighted by Gasteiger charge is -2.11. The number of nitrogens with two attached hydrogens (primary N) is 1. The number of hydrogen-bond donors (Lipinski definition) is 1. The summed E-state index contributed by atoms with van der Waals surface area (Å²) in [7, 11) is 1.67. The van der Waals surface area contributed by atoms with Gasteiger partial charge >= 0.3 is 11.9 Å². The molecule has 3 aromatic heterocycles. The number of aromatic nitrogens is 5. The fraction of sp³-hybridized carbons (Fsp3) is 0.350. The molecule has 1 aromatic carbocycles. The van der Waals surface area contributed by atoms with Gasteiger partial charge in [-0.15, -0.1) is 0 Å². The lowest BCUT2D eigenvalue weighted by molar-refractivity contribution is -0.135. The quantitative estimate of drug-likeness (QED) is 0.522. The second-order valence-corrected chi connectivity index (χ2v) is 7.22. The summed E-state index contributed by atoms with van der Waals surface area (Å²) in [6.45, 7) is 0.603. The molecule has 0 saturated carbocycles. The minimum Gasteiger partial charge on any atom is -0.326 e. The lowest BCUT2D eigenvalue weighted by Crippen LogP contribution is -2.24. The van der Waals surface area contributed by atoms with Gasteiger partial charge in [-0.05, 0) is 30.2 Å². The molecule has 3 heterocycles. The Kier molecular flexibility index (Phi) is 5.10. The summed E-state index contributed by atoms with van der Waals surface area (Å²) in [5, 5.41) is 0. The van der Waals surface area contributed by atoms with Crippen LogP contribution in [0.1, 0.15) is 24.2 Å². The van der Waals surface area contributed by atoms with Crippen LogP contribution in [0.5, 0.6) is 0 Å². The maximum atomic E-state index is 12.8. The first-order valence-corrected chi connectivity index (χ1v) is 9.52. The first kappa shape index (κ1) is 20.1. The number of benzene rings is 1. The molecule has 2 N–H and O–H groups in total. The third-order valence-corrected chi connectivity index (χ3v) is 5.22. The van der Waals surface area contributed by atoms with Crippen molar-refractivity contribution in [2.75, 3.05) is 0 Å². The van der Waals surface area contributed by atoms with E-state index in [0.717, 1.165) is 16.6 Å². The number of hydrogen-bond acceptors (Lipinski definition) is 4. The Morgan fingerprint density at radius 1 is 1.10 bits per heavy atom. The molecule has 30 heavy (non-hydrogen) atoms. The summed E-state index contributed by atoms with van der Waals surface area (Å²) >= 11 is 0. The fourth-order valence-electron chi connectivity index (χ4n) is 3.71. The minimum atomic E-state index is -4.22. The molecule has 0 bridgehead atoms. The number of nitrogens with zero attached hydrogens (tertiary/aromatic N) is 5. The van der Waals surface area contributed by atoms with E-state index in [1.165, 1.54) is 9.13 Å². The molecule has 158 valence electrons. The second-order valence-electron chi connectivity index (χ2n) is 7.22. The number of halogens is 3. The van der Waals surface area contributed by atoms with Gasteiger partial charge in [-0.3, -0.25) is 14.1 Å². The Morgan fingerprint density at radius 3 is 2.63 bits per heavy atom. The highest BCUT2D eigenvalue weighted by atomic mass is 19.4. The van der Waals surface area contributed by atoms with E-state index >= 15 is 0 Å². The van der Waals surface area contributed by atoms with Crippen LogP contribution in [0.25, 0.3) is 22.1 Å². The van der Waals surface area contributed by atoms with Gasteiger partial charge in [-0.25, -0.2) is 9.78 Å². The summed E-state index contributed by atoms with van der Waals surface area (Å²) in [5.74, 6) is 0.514. The highest BCUT2D eigenvalue weighted by molar-refractivity contribution is 5.77. The van der Waals surface area contributed by atoms with Gasteiger partial charge in [0.1, 0.15) is 5.82 Å². The smallest absolute Gasteiger partial charge is 0.326 e. The monoisotopic (exact) mass is 418 g/mol. The van der Waals surface area contributed by atoms with Gasteiger partial charge in [0, 0.05) is 32.8 Å². The van der Waals surface area contributed by atoms with Crippen molar-refractivity contribution in [3.63, 3.8) is 0 Å². The number of imidazole rings is 2. The van der Waals surface area contributed by atoms with Crippen molar-refractivity contribution < 1.29 is 13.2 Å². The van der Waals surface area contributed by atoms with Crippen molar-refractivity contribution in [2.45, 2.75) is 38.7 Å². The summed E-state index contributed by atoms with van der Waals surface area (Å²) in [6.07, 6.45) is -1.98. The molecule has 0 unspecified atom stereocenters. The van der Waals surface area contributed by atoms with Gasteiger partial charge in [0.15, 0.2) is 0 Å². The van der Waals surface area contributed by atoms with Crippen molar-refractivity contribution in [2.24, 2.45) is 12.8 Å². The summed E-state index contributed by atoms with van der Waals surface area (Å²) in [6, 6.07) is 7.22. The molecule has 0 aliphatic carbocycles. The van der Waals surface area contributed by atoms with E-state index in [1.807, 2.05) is 18.2 Å². The van der Waals surface area contributed by atoms with Gasteiger partial charge in [0.25, 0.3) is 0 Å². The van der Waals surface area contributed by atoms with Crippen LogP contribution in [0, 0.1) is 0 Å². The van der Waals surface area contributed by atoms with Crippen LogP contribution in [0.15, 0.2) is 41.5 Å². The van der Waals surface area contributed by atoms with Crippen molar-refractivity contribution in [1.82, 2.24) is 23.7 Å². The third kappa shape index (κ3) is 3.70. The van der Waals surface area contributed by atoms with Crippen molar-refractivity contribution >= 4 is 22.1 Å². The predicted octanol–water partition coefficient (Wildman–Crippen LogP) is 2.93. The average Bonchev–Trinajstić information content (AvgIpc) is 3.17. The fourth-order valence-corrected chi connectivity index (χ4v) is 3.71. The average molecular weight is 418 g/mol. The number of aryl methyl sites for hydroxylation is 2. The van der Waals surface area contributed by atoms with Crippen molar-refractivity contribution in [1.29, 1.82) is 0 Å². The van der Waals surface area contributed by atoms with Crippen LogP contribution in [-0.2, 0) is 26.7 Å². The summed E-state index contributed by atoms with van der Waals surface area (Å²) in [4.78, 5) is 21.5. The van der Waals surface area contributed by atoms with Crippen LogP contribution in [-0.4, -0.2) is 29.8 Å². The van der Waals surface area contributed by atoms with Crippen molar-refractivity contribution in [3.05, 3.63) is 58.5 Å². The number of fused-ring (bicyclic) bond motifs is 2. The summed E-state index contributed by atoms with van der Waals surface area (Å²) < 4.78 is 42.8. The lowest BCUT2D eigenvalue weighted by atomic mass is 10.2. The maximum Gasteiger partial charge on any atom is 0.389 e. The largest absolute Gasteiger partial charge is 0.389 e. The molecule has 0 aliphatic rings. The molecule has 0 fully saturated rings. The van der Waals surface area contributed by atoms with E-state index in [-0.39, 0.29) is 25.2 Å². The van der Waals surface area contributed by atoms with Crippen LogP contribution in [0.2, 0.25) is 0 Å². The number of alkyl halides is 3. The third-order valence-electron chi connectivity index (χ3n) is 5.22. The molecule has 0 aliphatic heterocycles. The highest BCUT2D eigenvalue weighted by Gasteiger charge is 2.26. The molecule has 0 saturated heterocycles. The van der Waals surface area contributed by atoms with Crippen LogP contribution in [0.4, 0.5) is 13.2 Å². The molecular formula is C20H21F3N6O. The molecule has 4 aromatic rings. The van der Waals surface area contributed by atoms with Gasteiger partial charge in [0.2, 0.25) is 0 Å². The van der Waals surface area contributed by atoms with Crippen LogP contribution >= 0.6 is 0 Å². The Morgan fingerprint density at radius 2 is 1.90 bits per heavy atom. The van der Waals surface area contributed by atoms with E-state index in [0.29, 0.717) is 23.4 Å². The molecule has 7 nitrogen and oxygen atoms in total. The number of rotatable bonds is 6. The molecule has 4 rings (SSSR count). The zero-order chi connectivity index (χ0) is 21.5. The van der Waals surface area contributed by atoms with Crippen LogP contribution in [0.3, 0.4) is 0 Å². The zero-order valence-corrected chi connectivity index (χ0v) is 16.4. The second kappa shape index (κ2) is 7.60. The van der Waals surface area contributed by atoms with Gasteiger partial charge in [-0.1, -0.05) is 6.07 Å². The van der Waals surface area contributed by atoms with E-state index in [1.54, 1.807) is 30.1 Å². The Bertz CT molecular complexity index is 1270. The van der Waals surface area contributed by atoms with E-state index in [9.17, 15) is 18.0 Å². The molecule has 0 spiro atoms. The normalized spacial score (nSPS) is 12.3. The van der Waals surface area contributed by atoms with E-state index < -0.39 is 12.6 Å². The predicted molar refractivity (Wildman–Crippen MR) is 107 cm³/mol. The Labute approximate surface area is 169 Å². The molecule has 0 atom stereocenters.